The van der Waals surface area contributed by atoms with Gasteiger partial charge in [0.25, 0.3) is 0 Å². The molecule has 2 rings (SSSR count). The molecule has 5 nitrogen and oxygen atoms in total. The number of amides is 1. The van der Waals surface area contributed by atoms with Crippen LogP contribution in [-0.2, 0) is 11.3 Å². The molecule has 1 fully saturated rings. The van der Waals surface area contributed by atoms with Crippen molar-refractivity contribution in [2.24, 2.45) is 0 Å². The van der Waals surface area contributed by atoms with Crippen LogP contribution >= 0.6 is 11.3 Å². The maximum atomic E-state index is 11.9. The molecule has 1 aliphatic heterocycles. The second-order valence-corrected chi connectivity index (χ2v) is 6.34. The Hall–Kier alpha value is -0.980. The zero-order valence-electron chi connectivity index (χ0n) is 11.8. The Balaban J connectivity index is 1.70. The van der Waals surface area contributed by atoms with E-state index in [2.05, 4.69) is 34.2 Å². The molecular weight excluding hydrogens is 260 g/mol. The number of carbonyl (C=O) groups excluding carboxylic acids is 1. The molecule has 2 heterocycles. The van der Waals surface area contributed by atoms with Crippen LogP contribution in [0, 0.1) is 6.92 Å². The zero-order valence-corrected chi connectivity index (χ0v) is 12.7. The fourth-order valence-corrected chi connectivity index (χ4v) is 2.93. The number of likely N-dealkylation sites (tertiary alicyclic amines) is 1. The summed E-state index contributed by atoms with van der Waals surface area (Å²) in [6.45, 7) is 4.99. The molecule has 0 saturated carbocycles. The highest BCUT2D eigenvalue weighted by molar-refractivity contribution is 7.09. The van der Waals surface area contributed by atoms with Crippen LogP contribution in [0.5, 0.6) is 0 Å². The zero-order chi connectivity index (χ0) is 13.8. The molecule has 1 aromatic rings. The largest absolute Gasteiger partial charge is 0.349 e. The molecule has 1 aliphatic rings. The summed E-state index contributed by atoms with van der Waals surface area (Å²) in [5.74, 6) is 0.0880. The van der Waals surface area contributed by atoms with E-state index in [0.29, 0.717) is 19.1 Å². The van der Waals surface area contributed by atoms with Crippen molar-refractivity contribution < 1.29 is 4.79 Å². The maximum Gasteiger partial charge on any atom is 0.234 e. The van der Waals surface area contributed by atoms with Crippen molar-refractivity contribution in [2.45, 2.75) is 25.9 Å². The Bertz CT molecular complexity index is 432. The molecule has 0 bridgehead atoms. The molecule has 19 heavy (non-hydrogen) atoms. The van der Waals surface area contributed by atoms with Crippen molar-refractivity contribution in [1.29, 1.82) is 0 Å². The first-order valence-electron chi connectivity index (χ1n) is 6.61. The SMILES string of the molecule is Cc1nc(CNC(=O)CN2CC[C@H](N(C)C)C2)cs1. The van der Waals surface area contributed by atoms with Gasteiger partial charge in [-0.25, -0.2) is 4.98 Å². The average molecular weight is 282 g/mol. The molecule has 1 amide bonds. The Morgan fingerprint density at radius 1 is 1.63 bits per heavy atom. The Morgan fingerprint density at radius 3 is 3.00 bits per heavy atom. The lowest BCUT2D eigenvalue weighted by Gasteiger charge is -2.19. The smallest absolute Gasteiger partial charge is 0.234 e. The molecule has 0 aromatic carbocycles. The van der Waals surface area contributed by atoms with E-state index >= 15 is 0 Å². The maximum absolute atomic E-state index is 11.9. The second-order valence-electron chi connectivity index (χ2n) is 5.28. The summed E-state index contributed by atoms with van der Waals surface area (Å²) in [5, 5.41) is 5.97. The van der Waals surface area contributed by atoms with Crippen molar-refractivity contribution in [3.63, 3.8) is 0 Å². The summed E-state index contributed by atoms with van der Waals surface area (Å²) in [4.78, 5) is 20.6. The number of thiazole rings is 1. The number of likely N-dealkylation sites (N-methyl/N-ethyl adjacent to an activating group) is 1. The van der Waals surface area contributed by atoms with Crippen molar-refractivity contribution >= 4 is 17.2 Å². The molecule has 6 heteroatoms. The standard InChI is InChI=1S/C13H22N4OS/c1-10-15-11(9-19-10)6-14-13(18)8-17-5-4-12(7-17)16(2)3/h9,12H,4-8H2,1-3H3,(H,14,18)/t12-/m0/s1. The summed E-state index contributed by atoms with van der Waals surface area (Å²) in [7, 11) is 4.19. The third kappa shape index (κ3) is 4.26. The van der Waals surface area contributed by atoms with E-state index in [-0.39, 0.29) is 5.91 Å². The quantitative estimate of drug-likeness (QED) is 0.864. The molecule has 106 valence electrons. The van der Waals surface area contributed by atoms with Crippen molar-refractivity contribution in [2.75, 3.05) is 33.7 Å². The third-order valence-corrected chi connectivity index (χ3v) is 4.30. The molecule has 0 aliphatic carbocycles. The average Bonchev–Trinajstić information content (AvgIpc) is 2.96. The van der Waals surface area contributed by atoms with Crippen molar-refractivity contribution in [1.82, 2.24) is 20.1 Å². The first kappa shape index (κ1) is 14.4. The van der Waals surface area contributed by atoms with Gasteiger partial charge in [-0.05, 0) is 27.4 Å². The fraction of sp³-hybridized carbons (Fsp3) is 0.692. The number of hydrogen-bond donors (Lipinski definition) is 1. The molecule has 0 unspecified atom stereocenters. The van der Waals surface area contributed by atoms with Crippen LogP contribution in [-0.4, -0.2) is 60.5 Å². The Kier molecular flexibility index (Phi) is 4.90. The lowest BCUT2D eigenvalue weighted by Crippen LogP contribution is -2.38. The number of rotatable bonds is 5. The van der Waals surface area contributed by atoms with Gasteiger partial charge in [0, 0.05) is 24.5 Å². The van der Waals surface area contributed by atoms with Gasteiger partial charge in [0.15, 0.2) is 0 Å². The molecule has 1 saturated heterocycles. The van der Waals surface area contributed by atoms with E-state index in [9.17, 15) is 4.79 Å². The fourth-order valence-electron chi connectivity index (χ4n) is 2.31. The lowest BCUT2D eigenvalue weighted by atomic mass is 10.2. The van der Waals surface area contributed by atoms with E-state index in [1.165, 1.54) is 0 Å². The predicted octanol–water partition coefficient (Wildman–Crippen LogP) is 0.704. The topological polar surface area (TPSA) is 48.5 Å². The number of carbonyl (C=O) groups is 1. The molecule has 1 atom stereocenters. The van der Waals surface area contributed by atoms with Gasteiger partial charge in [0.05, 0.1) is 23.8 Å². The minimum Gasteiger partial charge on any atom is -0.349 e. The van der Waals surface area contributed by atoms with Crippen molar-refractivity contribution in [3.05, 3.63) is 16.1 Å². The molecule has 1 aromatic heterocycles. The minimum atomic E-state index is 0.0880. The summed E-state index contributed by atoms with van der Waals surface area (Å²) in [6.07, 6.45) is 1.14. The van der Waals surface area contributed by atoms with Gasteiger partial charge in [0.1, 0.15) is 0 Å². The molecule has 1 N–H and O–H groups in total. The minimum absolute atomic E-state index is 0.0880. The highest BCUT2D eigenvalue weighted by Crippen LogP contribution is 2.12. The van der Waals surface area contributed by atoms with Crippen LogP contribution < -0.4 is 5.32 Å². The van der Waals surface area contributed by atoms with Crippen LogP contribution in [0.1, 0.15) is 17.1 Å². The first-order chi connectivity index (χ1) is 9.04. The Labute approximate surface area is 118 Å². The van der Waals surface area contributed by atoms with Gasteiger partial charge < -0.3 is 10.2 Å². The van der Waals surface area contributed by atoms with Gasteiger partial charge in [-0.1, -0.05) is 0 Å². The lowest BCUT2D eigenvalue weighted by molar-refractivity contribution is -0.122. The van der Waals surface area contributed by atoms with E-state index in [0.717, 1.165) is 30.2 Å². The van der Waals surface area contributed by atoms with Gasteiger partial charge >= 0.3 is 0 Å². The Morgan fingerprint density at radius 2 is 2.42 bits per heavy atom. The van der Waals surface area contributed by atoms with Crippen LogP contribution in [0.3, 0.4) is 0 Å². The monoisotopic (exact) mass is 282 g/mol. The number of nitrogens with one attached hydrogen (secondary N) is 1. The molecule has 0 spiro atoms. The highest BCUT2D eigenvalue weighted by atomic mass is 32.1. The second kappa shape index (κ2) is 6.45. The highest BCUT2D eigenvalue weighted by Gasteiger charge is 2.25. The van der Waals surface area contributed by atoms with E-state index < -0.39 is 0 Å². The van der Waals surface area contributed by atoms with Crippen LogP contribution in [0.2, 0.25) is 0 Å². The van der Waals surface area contributed by atoms with Gasteiger partial charge in [-0.2, -0.15) is 0 Å². The molecular formula is C13H22N4OS. The van der Waals surface area contributed by atoms with Crippen LogP contribution in [0.25, 0.3) is 0 Å². The summed E-state index contributed by atoms with van der Waals surface area (Å²) in [5.41, 5.74) is 0.948. The normalized spacial score (nSPS) is 20.1. The van der Waals surface area contributed by atoms with E-state index in [1.54, 1.807) is 11.3 Å². The number of nitrogens with zero attached hydrogens (tertiary/aromatic N) is 3. The third-order valence-electron chi connectivity index (χ3n) is 3.48. The number of hydrogen-bond acceptors (Lipinski definition) is 5. The van der Waals surface area contributed by atoms with E-state index in [4.69, 9.17) is 0 Å². The summed E-state index contributed by atoms with van der Waals surface area (Å²) < 4.78 is 0. The van der Waals surface area contributed by atoms with Crippen molar-refractivity contribution in [3.8, 4) is 0 Å². The van der Waals surface area contributed by atoms with Crippen LogP contribution in [0.15, 0.2) is 5.38 Å². The van der Waals surface area contributed by atoms with Gasteiger partial charge in [-0.15, -0.1) is 11.3 Å². The van der Waals surface area contributed by atoms with Gasteiger partial charge in [0.2, 0.25) is 5.91 Å². The van der Waals surface area contributed by atoms with Crippen LogP contribution in [0.4, 0.5) is 0 Å². The summed E-state index contributed by atoms with van der Waals surface area (Å²) in [6, 6.07) is 0.578. The predicted molar refractivity (Wildman–Crippen MR) is 77.2 cm³/mol. The first-order valence-corrected chi connectivity index (χ1v) is 7.49. The van der Waals surface area contributed by atoms with Gasteiger partial charge in [-0.3, -0.25) is 9.69 Å². The number of aromatic nitrogens is 1. The molecule has 0 radical (unpaired) electrons. The summed E-state index contributed by atoms with van der Waals surface area (Å²) >= 11 is 1.61. The number of aryl methyl sites for hydroxylation is 1. The van der Waals surface area contributed by atoms with E-state index in [1.807, 2.05) is 12.3 Å².